The Kier molecular flexibility index (Phi) is 7.32. The number of aryl methyl sites for hydroxylation is 1. The molecule has 0 aliphatic carbocycles. The van der Waals surface area contributed by atoms with Crippen LogP contribution in [0.15, 0.2) is 12.1 Å². The number of fused-ring (bicyclic) bond motifs is 1. The number of carbonyl (C=O) groups excluding carboxylic acids is 2. The molecule has 1 aromatic rings. The third-order valence-electron chi connectivity index (χ3n) is 3.70. The number of hydrogen-bond acceptors (Lipinski definition) is 5. The molecule has 1 aliphatic heterocycles. The highest BCUT2D eigenvalue weighted by Gasteiger charge is 2.10. The Bertz CT molecular complexity index is 563. The van der Waals surface area contributed by atoms with Crippen molar-refractivity contribution in [3.8, 4) is 0 Å². The Labute approximate surface area is 142 Å². The molecule has 2 heterocycles. The van der Waals surface area contributed by atoms with Crippen LogP contribution < -0.4 is 16.0 Å². The molecule has 0 bridgehead atoms. The predicted molar refractivity (Wildman–Crippen MR) is 92.0 cm³/mol. The molecule has 3 N–H and O–H groups in total. The van der Waals surface area contributed by atoms with Crippen molar-refractivity contribution < 1.29 is 14.3 Å². The van der Waals surface area contributed by atoms with Crippen LogP contribution in [-0.2, 0) is 22.4 Å². The van der Waals surface area contributed by atoms with E-state index in [9.17, 15) is 9.59 Å². The lowest BCUT2D eigenvalue weighted by atomic mass is 10.1. The minimum atomic E-state index is -0.289. The van der Waals surface area contributed by atoms with Crippen LogP contribution >= 0.6 is 0 Å². The van der Waals surface area contributed by atoms with Gasteiger partial charge < -0.3 is 20.7 Å². The van der Waals surface area contributed by atoms with E-state index in [4.69, 9.17) is 4.74 Å². The largest absolute Gasteiger partial charge is 0.466 e. The van der Waals surface area contributed by atoms with Crippen molar-refractivity contribution in [2.45, 2.75) is 39.0 Å². The highest BCUT2D eigenvalue weighted by Crippen LogP contribution is 2.19. The maximum absolute atomic E-state index is 11.7. The van der Waals surface area contributed by atoms with Crippen LogP contribution in [0.2, 0.25) is 0 Å². The summed E-state index contributed by atoms with van der Waals surface area (Å²) in [5.41, 5.74) is 2.21. The molecule has 132 valence electrons. The summed E-state index contributed by atoms with van der Waals surface area (Å²) in [6.45, 7) is 4.10. The van der Waals surface area contributed by atoms with Gasteiger partial charge in [0.05, 0.1) is 13.0 Å². The number of ether oxygens (including phenoxy) is 1. The van der Waals surface area contributed by atoms with Gasteiger partial charge in [0, 0.05) is 31.7 Å². The molecule has 0 saturated heterocycles. The fourth-order valence-electron chi connectivity index (χ4n) is 2.44. The van der Waals surface area contributed by atoms with Crippen molar-refractivity contribution in [3.63, 3.8) is 0 Å². The summed E-state index contributed by atoms with van der Waals surface area (Å²) in [6, 6.07) is 3.83. The molecule has 0 radical (unpaired) electrons. The van der Waals surface area contributed by atoms with Gasteiger partial charge in [0.2, 0.25) is 0 Å². The van der Waals surface area contributed by atoms with Crippen LogP contribution in [0.3, 0.4) is 0 Å². The summed E-state index contributed by atoms with van der Waals surface area (Å²) in [4.78, 5) is 27.5. The van der Waals surface area contributed by atoms with Gasteiger partial charge in [-0.3, -0.25) is 4.79 Å². The SMILES string of the molecule is CCCOC(=O)CCNC(=O)NCCc1ccc2c(n1)NCCC2. The summed E-state index contributed by atoms with van der Waals surface area (Å²) >= 11 is 0. The Morgan fingerprint density at radius 3 is 2.96 bits per heavy atom. The van der Waals surface area contributed by atoms with Crippen molar-refractivity contribution in [1.82, 2.24) is 15.6 Å². The van der Waals surface area contributed by atoms with E-state index in [1.165, 1.54) is 5.56 Å². The highest BCUT2D eigenvalue weighted by atomic mass is 16.5. The fraction of sp³-hybridized carbons (Fsp3) is 0.588. The van der Waals surface area contributed by atoms with E-state index in [0.717, 1.165) is 37.3 Å². The molecular formula is C17H26N4O3. The van der Waals surface area contributed by atoms with Gasteiger partial charge in [-0.15, -0.1) is 0 Å². The number of amides is 2. The third-order valence-corrected chi connectivity index (χ3v) is 3.70. The summed E-state index contributed by atoms with van der Waals surface area (Å²) in [6.07, 6.45) is 3.86. The molecule has 2 amide bonds. The summed E-state index contributed by atoms with van der Waals surface area (Å²) in [5.74, 6) is 0.678. The van der Waals surface area contributed by atoms with Gasteiger partial charge in [0.15, 0.2) is 0 Å². The van der Waals surface area contributed by atoms with E-state index in [1.807, 2.05) is 13.0 Å². The molecule has 0 fully saturated rings. The predicted octanol–water partition coefficient (Wildman–Crippen LogP) is 1.62. The molecular weight excluding hydrogens is 308 g/mol. The lowest BCUT2D eigenvalue weighted by Crippen LogP contribution is -2.37. The van der Waals surface area contributed by atoms with E-state index in [1.54, 1.807) is 0 Å². The average molecular weight is 334 g/mol. The number of anilines is 1. The van der Waals surface area contributed by atoms with Gasteiger partial charge in [0.1, 0.15) is 5.82 Å². The van der Waals surface area contributed by atoms with E-state index in [0.29, 0.717) is 19.6 Å². The van der Waals surface area contributed by atoms with Gasteiger partial charge in [-0.1, -0.05) is 13.0 Å². The Morgan fingerprint density at radius 1 is 1.29 bits per heavy atom. The standard InChI is InChI=1S/C17H26N4O3/c1-2-12-24-15(22)8-11-20-17(23)19-10-7-14-6-5-13-4-3-9-18-16(13)21-14/h5-6H,2-4,7-12H2,1H3,(H,18,21)(H2,19,20,23). The average Bonchev–Trinajstić information content (AvgIpc) is 2.60. The molecule has 0 atom stereocenters. The first kappa shape index (κ1) is 18.0. The van der Waals surface area contributed by atoms with Gasteiger partial charge in [-0.05, 0) is 30.9 Å². The van der Waals surface area contributed by atoms with Crippen molar-refractivity contribution in [1.29, 1.82) is 0 Å². The van der Waals surface area contributed by atoms with Crippen molar-refractivity contribution >= 4 is 17.8 Å². The van der Waals surface area contributed by atoms with Crippen LogP contribution in [0, 0.1) is 0 Å². The lowest BCUT2D eigenvalue weighted by molar-refractivity contribution is -0.143. The maximum Gasteiger partial charge on any atom is 0.314 e. The number of nitrogens with one attached hydrogen (secondary N) is 3. The number of aromatic nitrogens is 1. The zero-order valence-electron chi connectivity index (χ0n) is 14.2. The minimum absolute atomic E-state index is 0.186. The van der Waals surface area contributed by atoms with Crippen LogP contribution in [0.25, 0.3) is 0 Å². The second-order valence-corrected chi connectivity index (χ2v) is 5.74. The van der Waals surface area contributed by atoms with Crippen molar-refractivity contribution in [3.05, 3.63) is 23.4 Å². The van der Waals surface area contributed by atoms with E-state index in [2.05, 4.69) is 27.0 Å². The molecule has 0 aromatic carbocycles. The maximum atomic E-state index is 11.7. The number of pyridine rings is 1. The first-order valence-corrected chi connectivity index (χ1v) is 8.59. The summed E-state index contributed by atoms with van der Waals surface area (Å²) in [7, 11) is 0. The first-order chi connectivity index (χ1) is 11.7. The van der Waals surface area contributed by atoms with Crippen molar-refractivity contribution in [2.24, 2.45) is 0 Å². The van der Waals surface area contributed by atoms with Crippen LogP contribution in [0.1, 0.15) is 37.4 Å². The Hall–Kier alpha value is -2.31. The quantitative estimate of drug-likeness (QED) is 0.628. The minimum Gasteiger partial charge on any atom is -0.466 e. The van der Waals surface area contributed by atoms with Gasteiger partial charge in [-0.2, -0.15) is 0 Å². The topological polar surface area (TPSA) is 92.3 Å². The summed E-state index contributed by atoms with van der Waals surface area (Å²) < 4.78 is 4.93. The number of nitrogens with zero attached hydrogens (tertiary/aromatic N) is 1. The molecule has 24 heavy (non-hydrogen) atoms. The number of rotatable bonds is 8. The Balaban J connectivity index is 1.61. The van der Waals surface area contributed by atoms with Gasteiger partial charge in [-0.25, -0.2) is 9.78 Å². The highest BCUT2D eigenvalue weighted by molar-refractivity contribution is 5.75. The lowest BCUT2D eigenvalue weighted by Gasteiger charge is -2.17. The fourth-order valence-corrected chi connectivity index (χ4v) is 2.44. The van der Waals surface area contributed by atoms with E-state index < -0.39 is 0 Å². The first-order valence-electron chi connectivity index (χ1n) is 8.59. The molecule has 0 unspecified atom stereocenters. The smallest absolute Gasteiger partial charge is 0.314 e. The summed E-state index contributed by atoms with van der Waals surface area (Å²) in [5, 5.41) is 8.71. The third kappa shape index (κ3) is 6.06. The number of carbonyl (C=O) groups is 2. The van der Waals surface area contributed by atoms with Gasteiger partial charge in [0.25, 0.3) is 0 Å². The number of urea groups is 1. The molecule has 1 aromatic heterocycles. The van der Waals surface area contributed by atoms with E-state index in [-0.39, 0.29) is 25.0 Å². The zero-order chi connectivity index (χ0) is 17.2. The molecule has 0 saturated carbocycles. The van der Waals surface area contributed by atoms with Crippen molar-refractivity contribution in [2.75, 3.05) is 31.6 Å². The Morgan fingerprint density at radius 2 is 2.12 bits per heavy atom. The van der Waals surface area contributed by atoms with E-state index >= 15 is 0 Å². The number of hydrogen-bond donors (Lipinski definition) is 3. The molecule has 2 rings (SSSR count). The molecule has 7 nitrogen and oxygen atoms in total. The molecule has 1 aliphatic rings. The molecule has 0 spiro atoms. The monoisotopic (exact) mass is 334 g/mol. The number of esters is 1. The van der Waals surface area contributed by atoms with Crippen LogP contribution in [0.4, 0.5) is 10.6 Å². The van der Waals surface area contributed by atoms with Gasteiger partial charge >= 0.3 is 12.0 Å². The second-order valence-electron chi connectivity index (χ2n) is 5.74. The normalized spacial score (nSPS) is 12.7. The second kappa shape index (κ2) is 9.75. The van der Waals surface area contributed by atoms with Crippen LogP contribution in [-0.4, -0.2) is 43.2 Å². The zero-order valence-corrected chi connectivity index (χ0v) is 14.2. The molecule has 7 heteroatoms. The van der Waals surface area contributed by atoms with Crippen LogP contribution in [0.5, 0.6) is 0 Å².